The molecule has 0 saturated carbocycles. The number of likely N-dealkylation sites (N-methyl/N-ethyl adjacent to an activating group) is 1. The van der Waals surface area contributed by atoms with Gasteiger partial charge in [0, 0.05) is 51.4 Å². The van der Waals surface area contributed by atoms with E-state index in [1.54, 1.807) is 35.2 Å². The molecule has 0 radical (unpaired) electrons. The number of fused-ring (bicyclic) bond motifs is 2. The van der Waals surface area contributed by atoms with E-state index in [9.17, 15) is 14.4 Å². The first-order valence-electron chi connectivity index (χ1n) is 9.90. The van der Waals surface area contributed by atoms with Gasteiger partial charge < -0.3 is 9.47 Å². The van der Waals surface area contributed by atoms with Gasteiger partial charge in [0.25, 0.3) is 0 Å². The molecule has 0 aliphatic heterocycles. The monoisotopic (exact) mass is 464 g/mol. The minimum absolute atomic E-state index is 0.0273. The fourth-order valence-electron chi connectivity index (χ4n) is 3.92. The highest BCUT2D eigenvalue weighted by Gasteiger charge is 2.32. The second-order valence-corrected chi connectivity index (χ2v) is 8.12. The average Bonchev–Trinajstić information content (AvgIpc) is 3.19. The number of amides is 1. The number of rotatable bonds is 5. The number of halogens is 1. The Kier molecular flexibility index (Phi) is 5.43. The molecule has 2 aromatic carbocycles. The predicted molar refractivity (Wildman–Crippen MR) is 121 cm³/mol. The third-order valence-corrected chi connectivity index (χ3v) is 5.99. The number of carbonyl (C=O) groups excluding carboxylic acids is 3. The number of ketones is 2. The zero-order valence-electron chi connectivity index (χ0n) is 16.8. The molecule has 0 fully saturated rings. The van der Waals surface area contributed by atoms with Crippen molar-refractivity contribution in [3.05, 3.63) is 75.4 Å². The Bertz CT molecular complexity index is 1180. The fourth-order valence-corrected chi connectivity index (χ4v) is 4.28. The normalized spacial score (nSPS) is 13.1. The Morgan fingerprint density at radius 1 is 1.03 bits per heavy atom. The molecule has 1 aliphatic rings. The predicted octanol–water partition coefficient (Wildman–Crippen LogP) is 4.73. The van der Waals surface area contributed by atoms with Gasteiger partial charge in [-0.1, -0.05) is 40.2 Å². The van der Waals surface area contributed by atoms with Crippen LogP contribution >= 0.6 is 15.9 Å². The Labute approximate surface area is 183 Å². The van der Waals surface area contributed by atoms with Crippen molar-refractivity contribution < 1.29 is 14.4 Å². The van der Waals surface area contributed by atoms with Gasteiger partial charge in [-0.15, -0.1) is 0 Å². The third kappa shape index (κ3) is 3.41. The first kappa shape index (κ1) is 20.3. The SMILES string of the molecule is CCN(CC)C(=O)Cn1cc(C=C2C(=O)c3ccccc3C2=O)c2cc(Br)ccc21. The van der Waals surface area contributed by atoms with Crippen LogP contribution in [0.25, 0.3) is 17.0 Å². The van der Waals surface area contributed by atoms with Gasteiger partial charge in [0.1, 0.15) is 6.54 Å². The van der Waals surface area contributed by atoms with Crippen molar-refractivity contribution in [3.63, 3.8) is 0 Å². The lowest BCUT2D eigenvalue weighted by molar-refractivity contribution is -0.131. The number of carbonyl (C=O) groups is 3. The molecule has 0 saturated heterocycles. The molecule has 4 rings (SSSR count). The first-order valence-corrected chi connectivity index (χ1v) is 10.7. The van der Waals surface area contributed by atoms with Gasteiger partial charge in [-0.25, -0.2) is 0 Å². The lowest BCUT2D eigenvalue weighted by Gasteiger charge is -2.19. The third-order valence-electron chi connectivity index (χ3n) is 5.50. The molecule has 1 aromatic heterocycles. The van der Waals surface area contributed by atoms with Crippen LogP contribution in [0.2, 0.25) is 0 Å². The largest absolute Gasteiger partial charge is 0.342 e. The van der Waals surface area contributed by atoms with Crippen LogP contribution in [0.3, 0.4) is 0 Å². The minimum Gasteiger partial charge on any atom is -0.342 e. The molecule has 1 amide bonds. The molecule has 0 N–H and O–H groups in total. The number of hydrogen-bond donors (Lipinski definition) is 0. The summed E-state index contributed by atoms with van der Waals surface area (Å²) in [6.07, 6.45) is 3.49. The van der Waals surface area contributed by atoms with Crippen LogP contribution in [0.1, 0.15) is 40.1 Å². The Hall–Kier alpha value is -2.99. The summed E-state index contributed by atoms with van der Waals surface area (Å²) in [5.41, 5.74) is 2.65. The number of aromatic nitrogens is 1. The molecule has 1 heterocycles. The van der Waals surface area contributed by atoms with E-state index in [1.165, 1.54) is 0 Å². The zero-order valence-corrected chi connectivity index (χ0v) is 18.4. The first-order chi connectivity index (χ1) is 14.4. The number of nitrogens with zero attached hydrogens (tertiary/aromatic N) is 2. The highest BCUT2D eigenvalue weighted by Crippen LogP contribution is 2.31. The Balaban J connectivity index is 1.80. The molecule has 6 heteroatoms. The summed E-state index contributed by atoms with van der Waals surface area (Å²) in [4.78, 5) is 40.0. The smallest absolute Gasteiger partial charge is 0.242 e. The highest BCUT2D eigenvalue weighted by atomic mass is 79.9. The van der Waals surface area contributed by atoms with Crippen molar-refractivity contribution in [2.75, 3.05) is 13.1 Å². The average molecular weight is 465 g/mol. The maximum atomic E-state index is 12.8. The molecular weight excluding hydrogens is 444 g/mol. The summed E-state index contributed by atoms with van der Waals surface area (Å²) in [6.45, 7) is 5.41. The van der Waals surface area contributed by atoms with Crippen molar-refractivity contribution >= 4 is 50.4 Å². The molecule has 0 spiro atoms. The van der Waals surface area contributed by atoms with Crippen molar-refractivity contribution in [2.24, 2.45) is 0 Å². The van der Waals surface area contributed by atoms with Crippen LogP contribution in [-0.4, -0.2) is 40.0 Å². The van der Waals surface area contributed by atoms with Crippen LogP contribution < -0.4 is 0 Å². The second kappa shape index (κ2) is 8.03. The minimum atomic E-state index is -0.259. The van der Waals surface area contributed by atoms with E-state index in [4.69, 9.17) is 0 Å². The van der Waals surface area contributed by atoms with Crippen molar-refractivity contribution in [1.29, 1.82) is 0 Å². The van der Waals surface area contributed by atoms with Crippen LogP contribution in [-0.2, 0) is 11.3 Å². The van der Waals surface area contributed by atoms with Gasteiger partial charge in [0.2, 0.25) is 5.91 Å². The molecule has 1 aliphatic carbocycles. The molecule has 0 bridgehead atoms. The summed E-state index contributed by atoms with van der Waals surface area (Å²) < 4.78 is 2.76. The Morgan fingerprint density at radius 3 is 2.27 bits per heavy atom. The van der Waals surface area contributed by atoms with Crippen molar-refractivity contribution in [2.45, 2.75) is 20.4 Å². The molecular formula is C24H21BrN2O3. The summed E-state index contributed by atoms with van der Waals surface area (Å²) in [5.74, 6) is -0.490. The lowest BCUT2D eigenvalue weighted by Crippen LogP contribution is -2.33. The van der Waals surface area contributed by atoms with Crippen molar-refractivity contribution in [3.8, 4) is 0 Å². The fraction of sp³-hybridized carbons (Fsp3) is 0.208. The van der Waals surface area contributed by atoms with Crippen LogP contribution in [0.5, 0.6) is 0 Å². The van der Waals surface area contributed by atoms with E-state index in [1.807, 2.05) is 42.8 Å². The van der Waals surface area contributed by atoms with E-state index in [0.717, 1.165) is 20.9 Å². The van der Waals surface area contributed by atoms with Gasteiger partial charge in [0.05, 0.1) is 5.57 Å². The summed E-state index contributed by atoms with van der Waals surface area (Å²) in [6, 6.07) is 12.7. The van der Waals surface area contributed by atoms with Crippen LogP contribution in [0, 0.1) is 0 Å². The van der Waals surface area contributed by atoms with Gasteiger partial charge in [-0.3, -0.25) is 14.4 Å². The summed E-state index contributed by atoms with van der Waals surface area (Å²) >= 11 is 3.49. The van der Waals surface area contributed by atoms with Gasteiger partial charge >= 0.3 is 0 Å². The molecule has 3 aromatic rings. The summed E-state index contributed by atoms with van der Waals surface area (Å²) in [5, 5.41) is 0.876. The standard InChI is InChI=1S/C24H21BrN2O3/c1-3-26(4-2)22(28)14-27-13-15(19-12-16(25)9-10-21(19)27)11-20-23(29)17-7-5-6-8-18(17)24(20)30/h5-13H,3-4,14H2,1-2H3. The number of allylic oxidation sites excluding steroid dienone is 1. The molecule has 152 valence electrons. The number of Topliss-reactive ketones (excluding diaryl/α,β-unsaturated/α-hetero) is 2. The quantitative estimate of drug-likeness (QED) is 0.404. The maximum Gasteiger partial charge on any atom is 0.242 e. The molecule has 5 nitrogen and oxygen atoms in total. The van der Waals surface area contributed by atoms with E-state index in [2.05, 4.69) is 15.9 Å². The molecule has 0 atom stereocenters. The second-order valence-electron chi connectivity index (χ2n) is 7.20. The highest BCUT2D eigenvalue weighted by molar-refractivity contribution is 9.10. The van der Waals surface area contributed by atoms with E-state index in [-0.39, 0.29) is 29.6 Å². The zero-order chi connectivity index (χ0) is 21.4. The Morgan fingerprint density at radius 2 is 1.67 bits per heavy atom. The maximum absolute atomic E-state index is 12.8. The number of hydrogen-bond acceptors (Lipinski definition) is 3. The van der Waals surface area contributed by atoms with E-state index < -0.39 is 0 Å². The molecule has 30 heavy (non-hydrogen) atoms. The van der Waals surface area contributed by atoms with Crippen molar-refractivity contribution in [1.82, 2.24) is 9.47 Å². The molecule has 0 unspecified atom stereocenters. The van der Waals surface area contributed by atoms with Crippen LogP contribution in [0.15, 0.2) is 58.7 Å². The van der Waals surface area contributed by atoms with E-state index >= 15 is 0 Å². The van der Waals surface area contributed by atoms with Gasteiger partial charge in [-0.2, -0.15) is 0 Å². The van der Waals surface area contributed by atoms with Gasteiger partial charge in [0.15, 0.2) is 11.6 Å². The van der Waals surface area contributed by atoms with Gasteiger partial charge in [-0.05, 0) is 38.1 Å². The van der Waals surface area contributed by atoms with E-state index in [0.29, 0.717) is 24.2 Å². The lowest BCUT2D eigenvalue weighted by atomic mass is 10.1. The summed E-state index contributed by atoms with van der Waals surface area (Å²) in [7, 11) is 0. The number of benzene rings is 2. The van der Waals surface area contributed by atoms with Crippen LogP contribution in [0.4, 0.5) is 0 Å². The topological polar surface area (TPSA) is 59.4 Å².